The van der Waals surface area contributed by atoms with Crippen LogP contribution >= 0.6 is 0 Å². The van der Waals surface area contributed by atoms with E-state index in [-0.39, 0.29) is 24.6 Å². The zero-order chi connectivity index (χ0) is 26.2. The standard InChI is InChI=1S/C29H31FN4O3/c30-22-13-7-14-23(19-22)34-16-8-15-26(34)29(37)33-25(18-21-11-5-2-6-12-21)28(36)32-24(27(31)35)17-20-9-3-1-4-10-20/h1-7,9-14,19,24-26H,8,15-18H2,(H2,31,35)(H,32,36)(H,33,37)/t24-,25-,26-/m0/s1. The predicted molar refractivity (Wildman–Crippen MR) is 140 cm³/mol. The topological polar surface area (TPSA) is 105 Å². The zero-order valence-electron chi connectivity index (χ0n) is 20.5. The van der Waals surface area contributed by atoms with Gasteiger partial charge in [-0.1, -0.05) is 66.7 Å². The van der Waals surface area contributed by atoms with E-state index in [9.17, 15) is 18.8 Å². The van der Waals surface area contributed by atoms with Gasteiger partial charge in [0, 0.05) is 25.1 Å². The molecule has 37 heavy (non-hydrogen) atoms. The molecule has 4 N–H and O–H groups in total. The molecule has 0 aliphatic carbocycles. The van der Waals surface area contributed by atoms with E-state index in [2.05, 4.69) is 10.6 Å². The molecule has 0 saturated carbocycles. The number of nitrogens with two attached hydrogens (primary N) is 1. The largest absolute Gasteiger partial charge is 0.368 e. The van der Waals surface area contributed by atoms with E-state index in [4.69, 9.17) is 5.73 Å². The molecule has 0 spiro atoms. The average molecular weight is 503 g/mol. The van der Waals surface area contributed by atoms with E-state index in [1.54, 1.807) is 12.1 Å². The Balaban J connectivity index is 1.51. The van der Waals surface area contributed by atoms with Crippen molar-refractivity contribution in [2.24, 2.45) is 5.73 Å². The van der Waals surface area contributed by atoms with Crippen LogP contribution in [0.1, 0.15) is 24.0 Å². The lowest BCUT2D eigenvalue weighted by atomic mass is 10.0. The maximum atomic E-state index is 13.8. The smallest absolute Gasteiger partial charge is 0.243 e. The third-order valence-electron chi connectivity index (χ3n) is 6.55. The van der Waals surface area contributed by atoms with Crippen molar-refractivity contribution in [3.05, 3.63) is 102 Å². The molecule has 3 atom stereocenters. The minimum Gasteiger partial charge on any atom is -0.368 e. The minimum atomic E-state index is -0.930. The van der Waals surface area contributed by atoms with Crippen LogP contribution in [0.2, 0.25) is 0 Å². The van der Waals surface area contributed by atoms with Crippen LogP contribution in [0.4, 0.5) is 10.1 Å². The summed E-state index contributed by atoms with van der Waals surface area (Å²) in [6.45, 7) is 0.609. The third-order valence-corrected chi connectivity index (χ3v) is 6.55. The Morgan fingerprint density at radius 3 is 2.08 bits per heavy atom. The van der Waals surface area contributed by atoms with Crippen molar-refractivity contribution < 1.29 is 18.8 Å². The summed E-state index contributed by atoms with van der Waals surface area (Å²) >= 11 is 0. The van der Waals surface area contributed by atoms with Crippen LogP contribution < -0.4 is 21.3 Å². The van der Waals surface area contributed by atoms with E-state index in [1.165, 1.54) is 12.1 Å². The van der Waals surface area contributed by atoms with Crippen molar-refractivity contribution in [2.75, 3.05) is 11.4 Å². The summed E-state index contributed by atoms with van der Waals surface area (Å²) in [4.78, 5) is 40.8. The number of hydrogen-bond donors (Lipinski definition) is 3. The Kier molecular flexibility index (Phi) is 8.51. The summed E-state index contributed by atoms with van der Waals surface area (Å²) in [6, 6.07) is 22.3. The molecule has 3 amide bonds. The molecule has 1 aliphatic heterocycles. The van der Waals surface area contributed by atoms with Crippen LogP contribution in [0.25, 0.3) is 0 Å². The van der Waals surface area contributed by atoms with Crippen LogP contribution in [0.3, 0.4) is 0 Å². The minimum absolute atomic E-state index is 0.238. The number of rotatable bonds is 10. The molecule has 3 aromatic rings. The van der Waals surface area contributed by atoms with Gasteiger partial charge < -0.3 is 21.3 Å². The number of nitrogens with zero attached hydrogens (tertiary/aromatic N) is 1. The summed E-state index contributed by atoms with van der Waals surface area (Å²) in [6.07, 6.45) is 1.83. The molecule has 3 aromatic carbocycles. The highest BCUT2D eigenvalue weighted by Crippen LogP contribution is 2.26. The molecular formula is C29H31FN4O3. The molecular weight excluding hydrogens is 471 g/mol. The van der Waals surface area contributed by atoms with E-state index in [1.807, 2.05) is 65.6 Å². The Bertz CT molecular complexity index is 1220. The van der Waals surface area contributed by atoms with Crippen LogP contribution in [0, 0.1) is 5.82 Å². The van der Waals surface area contributed by atoms with E-state index >= 15 is 0 Å². The van der Waals surface area contributed by atoms with Gasteiger partial charge in [0.2, 0.25) is 17.7 Å². The van der Waals surface area contributed by atoms with Crippen molar-refractivity contribution in [3.8, 4) is 0 Å². The summed E-state index contributed by atoms with van der Waals surface area (Å²) in [5, 5.41) is 5.63. The van der Waals surface area contributed by atoms with Gasteiger partial charge in [-0.3, -0.25) is 14.4 Å². The van der Waals surface area contributed by atoms with Crippen molar-refractivity contribution in [1.29, 1.82) is 0 Å². The zero-order valence-corrected chi connectivity index (χ0v) is 20.5. The van der Waals surface area contributed by atoms with Crippen molar-refractivity contribution >= 4 is 23.4 Å². The molecule has 1 aliphatic rings. The molecule has 0 bridgehead atoms. The number of anilines is 1. The van der Waals surface area contributed by atoms with Gasteiger partial charge in [-0.25, -0.2) is 4.39 Å². The van der Waals surface area contributed by atoms with E-state index in [0.717, 1.165) is 17.5 Å². The number of primary amides is 1. The molecule has 0 radical (unpaired) electrons. The molecule has 0 aromatic heterocycles. The van der Waals surface area contributed by atoms with Crippen LogP contribution in [0.5, 0.6) is 0 Å². The second-order valence-corrected chi connectivity index (χ2v) is 9.24. The number of nitrogens with one attached hydrogen (secondary N) is 2. The number of benzene rings is 3. The van der Waals surface area contributed by atoms with Gasteiger partial charge in [0.05, 0.1) is 0 Å². The van der Waals surface area contributed by atoms with Gasteiger partial charge >= 0.3 is 0 Å². The Labute approximate surface area is 215 Å². The first kappa shape index (κ1) is 25.9. The van der Waals surface area contributed by atoms with Gasteiger partial charge in [0.25, 0.3) is 0 Å². The highest BCUT2D eigenvalue weighted by atomic mass is 19.1. The van der Waals surface area contributed by atoms with Crippen LogP contribution in [-0.2, 0) is 27.2 Å². The predicted octanol–water partition coefficient (Wildman–Crippen LogP) is 2.73. The second-order valence-electron chi connectivity index (χ2n) is 9.24. The van der Waals surface area contributed by atoms with Crippen molar-refractivity contribution in [1.82, 2.24) is 10.6 Å². The van der Waals surface area contributed by atoms with E-state index < -0.39 is 29.9 Å². The quantitative estimate of drug-likeness (QED) is 0.397. The molecule has 1 saturated heterocycles. The first-order chi connectivity index (χ1) is 17.9. The van der Waals surface area contributed by atoms with Gasteiger partial charge in [0.15, 0.2) is 0 Å². The first-order valence-electron chi connectivity index (χ1n) is 12.4. The normalized spacial score (nSPS) is 16.6. The monoisotopic (exact) mass is 502 g/mol. The fourth-order valence-electron chi connectivity index (χ4n) is 4.67. The first-order valence-corrected chi connectivity index (χ1v) is 12.4. The third kappa shape index (κ3) is 6.94. The Morgan fingerprint density at radius 2 is 1.49 bits per heavy atom. The number of carbonyl (C=O) groups is 3. The number of halogens is 1. The lowest BCUT2D eigenvalue weighted by molar-refractivity contribution is -0.131. The summed E-state index contributed by atoms with van der Waals surface area (Å²) in [7, 11) is 0. The maximum absolute atomic E-state index is 13.8. The van der Waals surface area contributed by atoms with Gasteiger partial charge in [-0.05, 0) is 42.2 Å². The molecule has 1 heterocycles. The highest BCUT2D eigenvalue weighted by Gasteiger charge is 2.34. The summed E-state index contributed by atoms with van der Waals surface area (Å²) in [5.41, 5.74) is 7.94. The fraction of sp³-hybridized carbons (Fsp3) is 0.276. The van der Waals surface area contributed by atoms with Gasteiger partial charge in [0.1, 0.15) is 23.9 Å². The van der Waals surface area contributed by atoms with Crippen molar-refractivity contribution in [2.45, 2.75) is 43.8 Å². The van der Waals surface area contributed by atoms with Crippen molar-refractivity contribution in [3.63, 3.8) is 0 Å². The lowest BCUT2D eigenvalue weighted by Crippen LogP contribution is -2.56. The second kappa shape index (κ2) is 12.2. The SMILES string of the molecule is NC(=O)[C@H](Cc1ccccc1)NC(=O)[C@H](Cc1ccccc1)NC(=O)[C@@H]1CCCN1c1cccc(F)c1. The molecule has 7 nitrogen and oxygen atoms in total. The molecule has 192 valence electrons. The van der Waals surface area contributed by atoms with Crippen LogP contribution in [-0.4, -0.2) is 42.4 Å². The van der Waals surface area contributed by atoms with E-state index in [0.29, 0.717) is 18.7 Å². The lowest BCUT2D eigenvalue weighted by Gasteiger charge is -2.28. The summed E-state index contributed by atoms with van der Waals surface area (Å²) in [5.74, 6) is -1.85. The number of carbonyl (C=O) groups excluding carboxylic acids is 3. The molecule has 8 heteroatoms. The van der Waals surface area contributed by atoms with Gasteiger partial charge in [-0.2, -0.15) is 0 Å². The molecule has 4 rings (SSSR count). The number of hydrogen-bond acceptors (Lipinski definition) is 4. The Hall–Kier alpha value is -4.20. The average Bonchev–Trinajstić information content (AvgIpc) is 3.39. The maximum Gasteiger partial charge on any atom is 0.243 e. The highest BCUT2D eigenvalue weighted by molar-refractivity contribution is 5.94. The van der Waals surface area contributed by atoms with Gasteiger partial charge in [-0.15, -0.1) is 0 Å². The van der Waals surface area contributed by atoms with Crippen LogP contribution in [0.15, 0.2) is 84.9 Å². The molecule has 0 unspecified atom stereocenters. The Morgan fingerprint density at radius 1 is 0.865 bits per heavy atom. The molecule has 1 fully saturated rings. The fourth-order valence-corrected chi connectivity index (χ4v) is 4.67. The number of amides is 3. The summed E-state index contributed by atoms with van der Waals surface area (Å²) < 4.78 is 13.8.